The number of nitrogens with one attached hydrogen (secondary N) is 1. The molecule has 5 heteroatoms. The van der Waals surface area contributed by atoms with Crippen LogP contribution in [0.2, 0.25) is 5.02 Å². The molecule has 0 aliphatic carbocycles. The molecule has 0 aromatic heterocycles. The minimum absolute atomic E-state index is 0.237. The standard InChI is InChI=1S/C20H24ClNO3/c1-5-10-25-19-16(21)11-15(12-18(19)24-6-2)20(23)22-17-9-7-8-13(3)14(17)4/h7-9,11-12H,5-6,10H2,1-4H3,(H,22,23). The van der Waals surface area contributed by atoms with Crippen LogP contribution in [0.1, 0.15) is 41.8 Å². The van der Waals surface area contributed by atoms with Crippen LogP contribution < -0.4 is 14.8 Å². The number of hydrogen-bond donors (Lipinski definition) is 1. The van der Waals surface area contributed by atoms with Gasteiger partial charge in [0.25, 0.3) is 5.91 Å². The summed E-state index contributed by atoms with van der Waals surface area (Å²) in [4.78, 5) is 12.6. The molecular weight excluding hydrogens is 338 g/mol. The normalized spacial score (nSPS) is 10.4. The van der Waals surface area contributed by atoms with Crippen molar-refractivity contribution in [2.24, 2.45) is 0 Å². The fourth-order valence-corrected chi connectivity index (χ4v) is 2.65. The lowest BCUT2D eigenvalue weighted by Crippen LogP contribution is -2.14. The minimum atomic E-state index is -0.237. The van der Waals surface area contributed by atoms with E-state index in [9.17, 15) is 4.79 Å². The van der Waals surface area contributed by atoms with Crippen LogP contribution in [-0.2, 0) is 0 Å². The molecule has 0 spiro atoms. The summed E-state index contributed by atoms with van der Waals surface area (Å²) >= 11 is 6.32. The maximum atomic E-state index is 12.6. The maximum Gasteiger partial charge on any atom is 0.255 e. The number of halogens is 1. The van der Waals surface area contributed by atoms with Crippen molar-refractivity contribution in [1.82, 2.24) is 0 Å². The van der Waals surface area contributed by atoms with Crippen molar-refractivity contribution < 1.29 is 14.3 Å². The predicted octanol–water partition coefficient (Wildman–Crippen LogP) is 5.40. The van der Waals surface area contributed by atoms with E-state index in [0.29, 0.717) is 35.3 Å². The second kappa shape index (κ2) is 8.77. The fraction of sp³-hybridized carbons (Fsp3) is 0.350. The van der Waals surface area contributed by atoms with E-state index in [1.54, 1.807) is 12.1 Å². The van der Waals surface area contributed by atoms with Gasteiger partial charge in [-0.3, -0.25) is 4.79 Å². The topological polar surface area (TPSA) is 47.6 Å². The van der Waals surface area contributed by atoms with Gasteiger partial charge < -0.3 is 14.8 Å². The van der Waals surface area contributed by atoms with Crippen LogP contribution >= 0.6 is 11.6 Å². The molecule has 0 fully saturated rings. The molecule has 0 aliphatic heterocycles. The smallest absolute Gasteiger partial charge is 0.255 e. The van der Waals surface area contributed by atoms with Crippen LogP contribution in [0.5, 0.6) is 11.5 Å². The van der Waals surface area contributed by atoms with Crippen molar-refractivity contribution in [2.75, 3.05) is 18.5 Å². The second-order valence-corrected chi connectivity index (χ2v) is 6.18. The Bertz CT molecular complexity index is 759. The number of carbonyl (C=O) groups excluding carboxylic acids is 1. The van der Waals surface area contributed by atoms with Gasteiger partial charge in [0.2, 0.25) is 0 Å². The number of carbonyl (C=O) groups is 1. The van der Waals surface area contributed by atoms with E-state index in [1.807, 2.05) is 45.9 Å². The molecule has 2 aromatic carbocycles. The first-order valence-corrected chi connectivity index (χ1v) is 8.82. The number of amides is 1. The third kappa shape index (κ3) is 4.67. The summed E-state index contributed by atoms with van der Waals surface area (Å²) in [5.74, 6) is 0.724. The molecule has 0 saturated heterocycles. The molecule has 0 radical (unpaired) electrons. The molecule has 0 aliphatic rings. The highest BCUT2D eigenvalue weighted by atomic mass is 35.5. The second-order valence-electron chi connectivity index (χ2n) is 5.77. The molecule has 0 bridgehead atoms. The Morgan fingerprint density at radius 2 is 1.92 bits per heavy atom. The number of anilines is 1. The van der Waals surface area contributed by atoms with E-state index >= 15 is 0 Å². The summed E-state index contributed by atoms with van der Waals surface area (Å²) in [6.07, 6.45) is 0.858. The van der Waals surface area contributed by atoms with Crippen molar-refractivity contribution in [1.29, 1.82) is 0 Å². The van der Waals surface area contributed by atoms with Gasteiger partial charge in [0.15, 0.2) is 11.5 Å². The van der Waals surface area contributed by atoms with Crippen molar-refractivity contribution >= 4 is 23.2 Å². The van der Waals surface area contributed by atoms with E-state index < -0.39 is 0 Å². The zero-order valence-corrected chi connectivity index (χ0v) is 15.9. The fourth-order valence-electron chi connectivity index (χ4n) is 2.39. The molecule has 2 aromatic rings. The van der Waals surface area contributed by atoms with E-state index in [0.717, 1.165) is 23.2 Å². The Balaban J connectivity index is 2.31. The summed E-state index contributed by atoms with van der Waals surface area (Å²) < 4.78 is 11.3. The Morgan fingerprint density at radius 3 is 2.60 bits per heavy atom. The third-order valence-corrected chi connectivity index (χ3v) is 4.16. The van der Waals surface area contributed by atoms with E-state index in [4.69, 9.17) is 21.1 Å². The van der Waals surface area contributed by atoms with Crippen LogP contribution in [0, 0.1) is 13.8 Å². The first-order valence-electron chi connectivity index (χ1n) is 8.44. The van der Waals surface area contributed by atoms with Crippen molar-refractivity contribution in [3.05, 3.63) is 52.0 Å². The molecule has 0 saturated carbocycles. The molecule has 1 amide bonds. The largest absolute Gasteiger partial charge is 0.490 e. The van der Waals surface area contributed by atoms with Gasteiger partial charge >= 0.3 is 0 Å². The lowest BCUT2D eigenvalue weighted by molar-refractivity contribution is 0.102. The van der Waals surface area contributed by atoms with Crippen LogP contribution in [0.15, 0.2) is 30.3 Å². The Hall–Kier alpha value is -2.20. The average Bonchev–Trinajstić information content (AvgIpc) is 2.58. The minimum Gasteiger partial charge on any atom is -0.490 e. The molecular formula is C20H24ClNO3. The monoisotopic (exact) mass is 361 g/mol. The third-order valence-electron chi connectivity index (χ3n) is 3.87. The summed E-state index contributed by atoms with van der Waals surface area (Å²) in [5, 5.41) is 3.30. The quantitative estimate of drug-likeness (QED) is 0.718. The number of hydrogen-bond acceptors (Lipinski definition) is 3. The van der Waals surface area contributed by atoms with Gasteiger partial charge in [-0.05, 0) is 56.5 Å². The van der Waals surface area contributed by atoms with Crippen LogP contribution in [0.4, 0.5) is 5.69 Å². The van der Waals surface area contributed by atoms with Gasteiger partial charge in [0.05, 0.1) is 18.2 Å². The van der Waals surface area contributed by atoms with Crippen molar-refractivity contribution in [3.8, 4) is 11.5 Å². The van der Waals surface area contributed by atoms with E-state index in [-0.39, 0.29) is 5.91 Å². The van der Waals surface area contributed by atoms with E-state index in [2.05, 4.69) is 5.32 Å². The highest BCUT2D eigenvalue weighted by Gasteiger charge is 2.17. The lowest BCUT2D eigenvalue weighted by Gasteiger charge is -2.15. The Labute approximate surface area is 154 Å². The average molecular weight is 362 g/mol. The van der Waals surface area contributed by atoms with Gasteiger partial charge in [-0.25, -0.2) is 0 Å². The summed E-state index contributed by atoms with van der Waals surface area (Å²) in [6.45, 7) is 8.87. The highest BCUT2D eigenvalue weighted by Crippen LogP contribution is 2.37. The molecule has 4 nitrogen and oxygen atoms in total. The van der Waals surface area contributed by atoms with Crippen molar-refractivity contribution in [2.45, 2.75) is 34.1 Å². The number of aryl methyl sites for hydroxylation is 1. The summed E-state index contributed by atoms with van der Waals surface area (Å²) in [5.41, 5.74) is 3.37. The molecule has 0 atom stereocenters. The molecule has 25 heavy (non-hydrogen) atoms. The zero-order valence-electron chi connectivity index (χ0n) is 15.1. The van der Waals surface area contributed by atoms with Crippen LogP contribution in [0.3, 0.4) is 0 Å². The van der Waals surface area contributed by atoms with Crippen molar-refractivity contribution in [3.63, 3.8) is 0 Å². The SMILES string of the molecule is CCCOc1c(Cl)cc(C(=O)Nc2cccc(C)c2C)cc1OCC. The van der Waals surface area contributed by atoms with Crippen LogP contribution in [0.25, 0.3) is 0 Å². The van der Waals surface area contributed by atoms with E-state index in [1.165, 1.54) is 0 Å². The van der Waals surface area contributed by atoms with Gasteiger partial charge in [0, 0.05) is 11.3 Å². The maximum absolute atomic E-state index is 12.6. The van der Waals surface area contributed by atoms with Gasteiger partial charge in [-0.1, -0.05) is 30.7 Å². The molecule has 2 rings (SSSR count). The zero-order chi connectivity index (χ0) is 18.4. The van der Waals surface area contributed by atoms with Crippen LogP contribution in [-0.4, -0.2) is 19.1 Å². The van der Waals surface area contributed by atoms with Gasteiger partial charge in [-0.2, -0.15) is 0 Å². The summed E-state index contributed by atoms with van der Waals surface area (Å²) in [6, 6.07) is 9.08. The first-order chi connectivity index (χ1) is 12.0. The molecule has 1 N–H and O–H groups in total. The van der Waals surface area contributed by atoms with Gasteiger partial charge in [-0.15, -0.1) is 0 Å². The number of rotatable bonds is 7. The Kier molecular flexibility index (Phi) is 6.71. The van der Waals surface area contributed by atoms with Gasteiger partial charge in [0.1, 0.15) is 0 Å². The summed E-state index contributed by atoms with van der Waals surface area (Å²) in [7, 11) is 0. The first kappa shape index (κ1) is 19.1. The molecule has 134 valence electrons. The Morgan fingerprint density at radius 1 is 1.16 bits per heavy atom. The molecule has 0 heterocycles. The number of ether oxygens (including phenoxy) is 2. The lowest BCUT2D eigenvalue weighted by atomic mass is 10.1. The molecule has 0 unspecified atom stereocenters. The predicted molar refractivity (Wildman–Crippen MR) is 102 cm³/mol. The number of benzene rings is 2. The highest BCUT2D eigenvalue weighted by molar-refractivity contribution is 6.32.